The number of hydrogen-bond donors (Lipinski definition) is 1. The van der Waals surface area contributed by atoms with E-state index in [9.17, 15) is 4.79 Å². The van der Waals surface area contributed by atoms with Gasteiger partial charge in [-0.1, -0.05) is 29.5 Å². The quantitative estimate of drug-likeness (QED) is 0.537. The molecule has 1 N–H and O–H groups in total. The standard InChI is InChI=1S/C21H19N3O2S/c1-4-26-14-9-10-17-18(11-14)27-21(23-17)24-20(25)19-12(2)15-7-5-6-8-16(15)22-13(19)3/h5-11H,4H2,1-3H3,(H,23,24,25). The second kappa shape index (κ2) is 6.96. The number of fused-ring (bicyclic) bond motifs is 2. The van der Waals surface area contributed by atoms with Crippen LogP contribution in [0.15, 0.2) is 42.5 Å². The molecule has 0 saturated carbocycles. The molecule has 4 rings (SSSR count). The van der Waals surface area contributed by atoms with Crippen LogP contribution in [0, 0.1) is 13.8 Å². The molecule has 6 heteroatoms. The van der Waals surface area contributed by atoms with Gasteiger partial charge in [0.25, 0.3) is 5.91 Å². The molecule has 0 atom stereocenters. The SMILES string of the molecule is CCOc1ccc2nc(NC(=O)c3c(C)nc4ccccc4c3C)sc2c1. The number of rotatable bonds is 4. The summed E-state index contributed by atoms with van der Waals surface area (Å²) in [6.07, 6.45) is 0. The lowest BCUT2D eigenvalue weighted by atomic mass is 10.0. The topological polar surface area (TPSA) is 64.1 Å². The Balaban J connectivity index is 1.68. The van der Waals surface area contributed by atoms with E-state index in [4.69, 9.17) is 4.74 Å². The summed E-state index contributed by atoms with van der Waals surface area (Å²) in [6.45, 7) is 6.38. The van der Waals surface area contributed by atoms with Gasteiger partial charge < -0.3 is 4.74 Å². The molecule has 0 aliphatic heterocycles. The first kappa shape index (κ1) is 17.4. The van der Waals surface area contributed by atoms with Crippen LogP contribution in [0.4, 0.5) is 5.13 Å². The predicted octanol–water partition coefficient (Wildman–Crippen LogP) is 5.11. The highest BCUT2D eigenvalue weighted by atomic mass is 32.1. The van der Waals surface area contributed by atoms with Crippen molar-refractivity contribution >= 4 is 43.5 Å². The Morgan fingerprint density at radius 3 is 2.74 bits per heavy atom. The maximum atomic E-state index is 12.9. The highest BCUT2D eigenvalue weighted by Crippen LogP contribution is 2.30. The van der Waals surface area contributed by atoms with Crippen LogP contribution in [0.1, 0.15) is 28.5 Å². The molecule has 0 radical (unpaired) electrons. The Hall–Kier alpha value is -2.99. The fraction of sp³-hybridized carbons (Fsp3) is 0.190. The molecule has 5 nitrogen and oxygen atoms in total. The van der Waals surface area contributed by atoms with E-state index in [0.29, 0.717) is 23.0 Å². The molecule has 0 aliphatic rings. The van der Waals surface area contributed by atoms with Crippen LogP contribution in [-0.2, 0) is 0 Å². The van der Waals surface area contributed by atoms with Gasteiger partial charge in [0.15, 0.2) is 5.13 Å². The summed E-state index contributed by atoms with van der Waals surface area (Å²) in [4.78, 5) is 22.0. The number of amides is 1. The Morgan fingerprint density at radius 1 is 1.11 bits per heavy atom. The van der Waals surface area contributed by atoms with E-state index in [1.54, 1.807) is 0 Å². The van der Waals surface area contributed by atoms with E-state index in [2.05, 4.69) is 15.3 Å². The summed E-state index contributed by atoms with van der Waals surface area (Å²) in [6, 6.07) is 13.6. The van der Waals surface area contributed by atoms with Crippen molar-refractivity contribution in [2.24, 2.45) is 0 Å². The van der Waals surface area contributed by atoms with Crippen molar-refractivity contribution in [2.45, 2.75) is 20.8 Å². The average molecular weight is 377 g/mol. The maximum Gasteiger partial charge on any atom is 0.259 e. The summed E-state index contributed by atoms with van der Waals surface area (Å²) in [7, 11) is 0. The van der Waals surface area contributed by atoms with Crippen molar-refractivity contribution in [3.8, 4) is 5.75 Å². The summed E-state index contributed by atoms with van der Waals surface area (Å²) in [5.74, 6) is 0.615. The number of aromatic nitrogens is 2. The first-order valence-electron chi connectivity index (χ1n) is 8.77. The number of benzene rings is 2. The number of anilines is 1. The minimum absolute atomic E-state index is 0.188. The van der Waals surface area contributed by atoms with Gasteiger partial charge >= 0.3 is 0 Å². The Labute approximate surface area is 161 Å². The number of nitrogens with one attached hydrogen (secondary N) is 1. The van der Waals surface area contributed by atoms with Crippen LogP contribution in [-0.4, -0.2) is 22.5 Å². The van der Waals surface area contributed by atoms with Gasteiger partial charge in [-0.15, -0.1) is 0 Å². The number of para-hydroxylation sites is 1. The van der Waals surface area contributed by atoms with Crippen molar-refractivity contribution in [3.63, 3.8) is 0 Å². The van der Waals surface area contributed by atoms with Gasteiger partial charge in [-0.25, -0.2) is 4.98 Å². The number of nitrogens with zero attached hydrogens (tertiary/aromatic N) is 2. The van der Waals surface area contributed by atoms with Crippen molar-refractivity contribution in [2.75, 3.05) is 11.9 Å². The van der Waals surface area contributed by atoms with E-state index < -0.39 is 0 Å². The monoisotopic (exact) mass is 377 g/mol. The molecule has 0 fully saturated rings. The normalized spacial score (nSPS) is 11.1. The third-order valence-electron chi connectivity index (χ3n) is 4.45. The molecular weight excluding hydrogens is 358 g/mol. The Kier molecular flexibility index (Phi) is 4.49. The van der Waals surface area contributed by atoms with Crippen molar-refractivity contribution < 1.29 is 9.53 Å². The van der Waals surface area contributed by atoms with E-state index >= 15 is 0 Å². The summed E-state index contributed by atoms with van der Waals surface area (Å²) >= 11 is 1.43. The third kappa shape index (κ3) is 3.24. The minimum Gasteiger partial charge on any atom is -0.494 e. The second-order valence-corrected chi connectivity index (χ2v) is 7.28. The zero-order valence-corrected chi connectivity index (χ0v) is 16.2. The van der Waals surface area contributed by atoms with Gasteiger partial charge in [-0.3, -0.25) is 15.1 Å². The van der Waals surface area contributed by atoms with Gasteiger partial charge in [0.2, 0.25) is 0 Å². The van der Waals surface area contributed by atoms with E-state index in [-0.39, 0.29) is 5.91 Å². The average Bonchev–Trinajstić information content (AvgIpc) is 3.03. The van der Waals surface area contributed by atoms with Crippen molar-refractivity contribution in [3.05, 3.63) is 59.3 Å². The van der Waals surface area contributed by atoms with Crippen molar-refractivity contribution in [1.29, 1.82) is 0 Å². The Morgan fingerprint density at radius 2 is 1.93 bits per heavy atom. The number of pyridine rings is 1. The molecule has 27 heavy (non-hydrogen) atoms. The molecule has 0 spiro atoms. The van der Waals surface area contributed by atoms with Crippen LogP contribution >= 0.6 is 11.3 Å². The van der Waals surface area contributed by atoms with Gasteiger partial charge in [-0.2, -0.15) is 0 Å². The maximum absolute atomic E-state index is 12.9. The molecule has 4 aromatic rings. The number of hydrogen-bond acceptors (Lipinski definition) is 5. The number of carbonyl (C=O) groups excluding carboxylic acids is 1. The summed E-state index contributed by atoms with van der Waals surface area (Å²) < 4.78 is 6.50. The molecule has 2 aromatic heterocycles. The smallest absolute Gasteiger partial charge is 0.259 e. The fourth-order valence-electron chi connectivity index (χ4n) is 3.24. The summed E-state index contributed by atoms with van der Waals surface area (Å²) in [5, 5.41) is 4.48. The predicted molar refractivity (Wildman–Crippen MR) is 110 cm³/mol. The van der Waals surface area contributed by atoms with Gasteiger partial charge in [0.05, 0.1) is 33.6 Å². The molecule has 0 saturated heterocycles. The van der Waals surface area contributed by atoms with E-state index in [1.165, 1.54) is 11.3 Å². The first-order chi connectivity index (χ1) is 13.1. The van der Waals surface area contributed by atoms with Gasteiger partial charge in [0, 0.05) is 5.39 Å². The second-order valence-electron chi connectivity index (χ2n) is 6.25. The van der Waals surface area contributed by atoms with Crippen LogP contribution in [0.2, 0.25) is 0 Å². The highest BCUT2D eigenvalue weighted by molar-refractivity contribution is 7.22. The zero-order valence-electron chi connectivity index (χ0n) is 15.4. The number of ether oxygens (including phenoxy) is 1. The molecular formula is C21H19N3O2S. The number of aryl methyl sites for hydroxylation is 2. The van der Waals surface area contributed by atoms with Crippen LogP contribution < -0.4 is 10.1 Å². The molecule has 2 heterocycles. The highest BCUT2D eigenvalue weighted by Gasteiger charge is 2.18. The molecule has 0 unspecified atom stereocenters. The van der Waals surface area contributed by atoms with Crippen LogP contribution in [0.25, 0.3) is 21.1 Å². The lowest BCUT2D eigenvalue weighted by Crippen LogP contribution is -2.16. The molecule has 2 aromatic carbocycles. The van der Waals surface area contributed by atoms with Crippen LogP contribution in [0.5, 0.6) is 5.75 Å². The van der Waals surface area contributed by atoms with Gasteiger partial charge in [0.1, 0.15) is 5.75 Å². The minimum atomic E-state index is -0.188. The fourth-order valence-corrected chi connectivity index (χ4v) is 4.13. The number of carbonyl (C=O) groups is 1. The zero-order chi connectivity index (χ0) is 19.0. The van der Waals surface area contributed by atoms with E-state index in [0.717, 1.165) is 32.4 Å². The first-order valence-corrected chi connectivity index (χ1v) is 9.59. The van der Waals surface area contributed by atoms with Crippen molar-refractivity contribution in [1.82, 2.24) is 9.97 Å². The van der Waals surface area contributed by atoms with Gasteiger partial charge in [-0.05, 0) is 50.6 Å². The largest absolute Gasteiger partial charge is 0.494 e. The molecule has 0 aliphatic carbocycles. The lowest BCUT2D eigenvalue weighted by molar-refractivity contribution is 0.102. The molecule has 1 amide bonds. The summed E-state index contributed by atoms with van der Waals surface area (Å²) in [5.41, 5.74) is 3.97. The molecule has 136 valence electrons. The molecule has 0 bridgehead atoms. The van der Waals surface area contributed by atoms with E-state index in [1.807, 2.05) is 63.2 Å². The Bertz CT molecular complexity index is 1170. The third-order valence-corrected chi connectivity index (χ3v) is 5.39. The van der Waals surface area contributed by atoms with Crippen LogP contribution in [0.3, 0.4) is 0 Å². The number of thiazole rings is 1. The lowest BCUT2D eigenvalue weighted by Gasteiger charge is -2.11.